The van der Waals surface area contributed by atoms with E-state index in [1.165, 1.54) is 11.3 Å². The van der Waals surface area contributed by atoms with Gasteiger partial charge in [0.1, 0.15) is 0 Å². The standard InChI is InChI=1S/C12H15BrOS/c1-9-7-10(13)3-4-11(9)12(14)5-2-6-15-8-12/h3-4,7,14H,2,5-6,8H2,1H3/t12-/m1/s1. The zero-order valence-electron chi connectivity index (χ0n) is 8.79. The van der Waals surface area contributed by atoms with E-state index in [0.29, 0.717) is 0 Å². The fourth-order valence-electron chi connectivity index (χ4n) is 2.14. The quantitative estimate of drug-likeness (QED) is 0.853. The van der Waals surface area contributed by atoms with Crippen molar-refractivity contribution in [1.82, 2.24) is 0 Å². The van der Waals surface area contributed by atoms with Crippen LogP contribution in [0.15, 0.2) is 22.7 Å². The van der Waals surface area contributed by atoms with E-state index in [1.807, 2.05) is 23.9 Å². The second-order valence-corrected chi connectivity index (χ2v) is 6.17. The zero-order chi connectivity index (χ0) is 10.9. The highest BCUT2D eigenvalue weighted by Gasteiger charge is 2.32. The number of benzene rings is 1. The third-order valence-electron chi connectivity index (χ3n) is 2.91. The normalized spacial score (nSPS) is 26.6. The van der Waals surface area contributed by atoms with E-state index in [1.54, 1.807) is 0 Å². The SMILES string of the molecule is Cc1cc(Br)ccc1[C@@]1(O)CCCSC1. The van der Waals surface area contributed by atoms with Crippen LogP contribution in [0.3, 0.4) is 0 Å². The number of hydrogen-bond acceptors (Lipinski definition) is 2. The van der Waals surface area contributed by atoms with Crippen LogP contribution in [0.1, 0.15) is 24.0 Å². The molecule has 82 valence electrons. The fraction of sp³-hybridized carbons (Fsp3) is 0.500. The van der Waals surface area contributed by atoms with Gasteiger partial charge in [0, 0.05) is 10.2 Å². The van der Waals surface area contributed by atoms with Crippen molar-refractivity contribution in [3.05, 3.63) is 33.8 Å². The second kappa shape index (κ2) is 4.48. The summed E-state index contributed by atoms with van der Waals surface area (Å²) in [4.78, 5) is 0. The van der Waals surface area contributed by atoms with Gasteiger partial charge in [0.25, 0.3) is 0 Å². The predicted molar refractivity (Wildman–Crippen MR) is 69.3 cm³/mol. The first-order valence-corrected chi connectivity index (χ1v) is 7.13. The Balaban J connectivity index is 2.35. The summed E-state index contributed by atoms with van der Waals surface area (Å²) in [5.74, 6) is 2.01. The van der Waals surface area contributed by atoms with Crippen LogP contribution in [0.5, 0.6) is 0 Å². The lowest BCUT2D eigenvalue weighted by Gasteiger charge is -2.33. The molecule has 0 unspecified atom stereocenters. The van der Waals surface area contributed by atoms with E-state index in [-0.39, 0.29) is 0 Å². The average Bonchev–Trinajstić information content (AvgIpc) is 2.18. The molecule has 0 bridgehead atoms. The Morgan fingerprint density at radius 3 is 2.87 bits per heavy atom. The molecule has 0 aromatic heterocycles. The number of thioether (sulfide) groups is 1. The topological polar surface area (TPSA) is 20.2 Å². The summed E-state index contributed by atoms with van der Waals surface area (Å²) in [5, 5.41) is 10.6. The van der Waals surface area contributed by atoms with Crippen molar-refractivity contribution >= 4 is 27.7 Å². The number of rotatable bonds is 1. The molecule has 0 spiro atoms. The first-order valence-electron chi connectivity index (χ1n) is 5.19. The molecule has 1 aromatic carbocycles. The van der Waals surface area contributed by atoms with E-state index in [2.05, 4.69) is 28.9 Å². The van der Waals surface area contributed by atoms with E-state index < -0.39 is 5.60 Å². The highest BCUT2D eigenvalue weighted by atomic mass is 79.9. The summed E-state index contributed by atoms with van der Waals surface area (Å²) < 4.78 is 1.08. The molecule has 0 amide bonds. The summed E-state index contributed by atoms with van der Waals surface area (Å²) in [5.41, 5.74) is 1.67. The summed E-state index contributed by atoms with van der Waals surface area (Å²) in [6.07, 6.45) is 2.00. The van der Waals surface area contributed by atoms with Crippen LogP contribution in [-0.4, -0.2) is 16.6 Å². The van der Waals surface area contributed by atoms with Gasteiger partial charge in [0.2, 0.25) is 0 Å². The minimum Gasteiger partial charge on any atom is -0.384 e. The molecule has 1 aliphatic heterocycles. The van der Waals surface area contributed by atoms with Crippen LogP contribution in [0, 0.1) is 6.92 Å². The summed E-state index contributed by atoms with van der Waals surface area (Å²) >= 11 is 5.30. The Hall–Kier alpha value is 0.01000. The van der Waals surface area contributed by atoms with E-state index >= 15 is 0 Å². The molecule has 3 heteroatoms. The summed E-state index contributed by atoms with van der Waals surface area (Å²) in [7, 11) is 0. The van der Waals surface area contributed by atoms with Crippen LogP contribution in [0.25, 0.3) is 0 Å². The van der Waals surface area contributed by atoms with Gasteiger partial charge in [-0.2, -0.15) is 11.8 Å². The van der Waals surface area contributed by atoms with Gasteiger partial charge in [-0.25, -0.2) is 0 Å². The lowest BCUT2D eigenvalue weighted by atomic mass is 9.88. The first kappa shape index (κ1) is 11.5. The Labute approximate surface area is 103 Å². The Morgan fingerprint density at radius 2 is 2.27 bits per heavy atom. The molecule has 0 radical (unpaired) electrons. The minimum absolute atomic E-state index is 0.603. The molecule has 0 aliphatic carbocycles. The molecule has 1 atom stereocenters. The van der Waals surface area contributed by atoms with Crippen molar-refractivity contribution in [1.29, 1.82) is 0 Å². The highest BCUT2D eigenvalue weighted by molar-refractivity contribution is 9.10. The molecule has 2 rings (SSSR count). The number of hydrogen-bond donors (Lipinski definition) is 1. The Kier molecular flexibility index (Phi) is 3.43. The van der Waals surface area contributed by atoms with Crippen LogP contribution < -0.4 is 0 Å². The third-order valence-corrected chi connectivity index (χ3v) is 4.66. The van der Waals surface area contributed by atoms with Gasteiger partial charge in [0.05, 0.1) is 5.60 Å². The molecular weight excluding hydrogens is 272 g/mol. The monoisotopic (exact) mass is 286 g/mol. The molecule has 1 aromatic rings. The van der Waals surface area contributed by atoms with Gasteiger partial charge in [-0.3, -0.25) is 0 Å². The molecule has 0 saturated carbocycles. The smallest absolute Gasteiger partial charge is 0.0989 e. The number of aliphatic hydroxyl groups is 1. The molecule has 1 saturated heterocycles. The number of halogens is 1. The van der Waals surface area contributed by atoms with Crippen molar-refractivity contribution < 1.29 is 5.11 Å². The largest absolute Gasteiger partial charge is 0.384 e. The molecular formula is C12H15BrOS. The van der Waals surface area contributed by atoms with Crippen LogP contribution in [0.2, 0.25) is 0 Å². The summed E-state index contributed by atoms with van der Waals surface area (Å²) in [6, 6.07) is 6.14. The minimum atomic E-state index is -0.603. The third kappa shape index (κ3) is 2.40. The predicted octanol–water partition coefficient (Wildman–Crippen LogP) is 3.47. The van der Waals surface area contributed by atoms with Crippen molar-refractivity contribution in [2.24, 2.45) is 0 Å². The molecule has 1 N–H and O–H groups in total. The van der Waals surface area contributed by atoms with Gasteiger partial charge in [-0.15, -0.1) is 0 Å². The van der Waals surface area contributed by atoms with E-state index in [0.717, 1.165) is 28.6 Å². The molecule has 1 fully saturated rings. The maximum Gasteiger partial charge on any atom is 0.0989 e. The van der Waals surface area contributed by atoms with Gasteiger partial charge in [-0.05, 0) is 48.8 Å². The molecule has 1 aliphatic rings. The van der Waals surface area contributed by atoms with Gasteiger partial charge in [0.15, 0.2) is 0 Å². The second-order valence-electron chi connectivity index (χ2n) is 4.15. The zero-order valence-corrected chi connectivity index (χ0v) is 11.2. The Morgan fingerprint density at radius 1 is 1.47 bits per heavy atom. The van der Waals surface area contributed by atoms with E-state index in [4.69, 9.17) is 0 Å². The van der Waals surface area contributed by atoms with Crippen LogP contribution in [0.4, 0.5) is 0 Å². The maximum atomic E-state index is 10.6. The van der Waals surface area contributed by atoms with Crippen molar-refractivity contribution in [2.45, 2.75) is 25.4 Å². The van der Waals surface area contributed by atoms with Gasteiger partial charge < -0.3 is 5.11 Å². The lowest BCUT2D eigenvalue weighted by Crippen LogP contribution is -2.32. The molecule has 1 nitrogen and oxygen atoms in total. The van der Waals surface area contributed by atoms with E-state index in [9.17, 15) is 5.11 Å². The van der Waals surface area contributed by atoms with Crippen LogP contribution >= 0.6 is 27.7 Å². The fourth-order valence-corrected chi connectivity index (χ4v) is 3.75. The molecule has 1 heterocycles. The number of aryl methyl sites for hydroxylation is 1. The van der Waals surface area contributed by atoms with Crippen molar-refractivity contribution in [3.63, 3.8) is 0 Å². The van der Waals surface area contributed by atoms with Gasteiger partial charge >= 0.3 is 0 Å². The lowest BCUT2D eigenvalue weighted by molar-refractivity contribution is 0.0489. The Bertz CT molecular complexity index is 359. The molecule has 15 heavy (non-hydrogen) atoms. The summed E-state index contributed by atoms with van der Waals surface area (Å²) in [6.45, 7) is 2.07. The highest BCUT2D eigenvalue weighted by Crippen LogP contribution is 2.37. The maximum absolute atomic E-state index is 10.6. The van der Waals surface area contributed by atoms with Crippen molar-refractivity contribution in [3.8, 4) is 0 Å². The van der Waals surface area contributed by atoms with Crippen LogP contribution in [-0.2, 0) is 5.60 Å². The van der Waals surface area contributed by atoms with Gasteiger partial charge in [-0.1, -0.05) is 22.0 Å². The average molecular weight is 287 g/mol. The first-order chi connectivity index (χ1) is 7.12. The van der Waals surface area contributed by atoms with Crippen molar-refractivity contribution in [2.75, 3.05) is 11.5 Å².